The average Bonchev–Trinajstić information content (AvgIpc) is 3.08. The van der Waals surface area contributed by atoms with E-state index in [1.165, 1.54) is 26.4 Å². The Morgan fingerprint density at radius 3 is 2.88 bits per heavy atom. The van der Waals surface area contributed by atoms with E-state index in [0.29, 0.717) is 16.1 Å². The number of aromatic nitrogens is 1. The van der Waals surface area contributed by atoms with E-state index >= 15 is 0 Å². The van der Waals surface area contributed by atoms with Crippen LogP contribution in [0.2, 0.25) is 5.15 Å². The molecule has 0 aromatic carbocycles. The van der Waals surface area contributed by atoms with Gasteiger partial charge in [-0.1, -0.05) is 11.6 Å². The van der Waals surface area contributed by atoms with Crippen LogP contribution in [-0.2, 0) is 17.6 Å². The second-order valence-electron chi connectivity index (χ2n) is 5.09. The highest BCUT2D eigenvalue weighted by Gasteiger charge is 2.45. The van der Waals surface area contributed by atoms with Crippen LogP contribution >= 0.6 is 11.6 Å². The highest BCUT2D eigenvalue weighted by atomic mass is 35.5. The van der Waals surface area contributed by atoms with Crippen molar-refractivity contribution < 1.29 is 9.53 Å². The van der Waals surface area contributed by atoms with Gasteiger partial charge in [0.25, 0.3) is 0 Å². The van der Waals surface area contributed by atoms with Crippen LogP contribution in [0.15, 0.2) is 6.07 Å². The van der Waals surface area contributed by atoms with Crippen molar-refractivity contribution in [2.45, 2.75) is 32.1 Å². The summed E-state index contributed by atoms with van der Waals surface area (Å²) in [4.78, 5) is 16.1. The van der Waals surface area contributed by atoms with Crippen LogP contribution in [0.3, 0.4) is 0 Å². The highest BCUT2D eigenvalue weighted by Crippen LogP contribution is 2.55. The Morgan fingerprint density at radius 1 is 1.47 bits per heavy atom. The van der Waals surface area contributed by atoms with Crippen LogP contribution in [0.5, 0.6) is 0 Å². The van der Waals surface area contributed by atoms with Gasteiger partial charge in [0.2, 0.25) is 0 Å². The first-order valence-electron chi connectivity index (χ1n) is 5.90. The molecule has 1 saturated carbocycles. The van der Waals surface area contributed by atoms with Gasteiger partial charge >= 0.3 is 5.97 Å². The van der Waals surface area contributed by atoms with Gasteiger partial charge in [-0.15, -0.1) is 0 Å². The van der Waals surface area contributed by atoms with Gasteiger partial charge in [0.1, 0.15) is 5.15 Å². The third-order valence-electron chi connectivity index (χ3n) is 3.98. The number of hydrogen-bond donors (Lipinski definition) is 0. The first kappa shape index (κ1) is 11.0. The first-order valence-corrected chi connectivity index (χ1v) is 6.28. The van der Waals surface area contributed by atoms with Crippen LogP contribution in [0.25, 0.3) is 0 Å². The maximum absolute atomic E-state index is 11.8. The number of hydrogen-bond acceptors (Lipinski definition) is 3. The molecule has 17 heavy (non-hydrogen) atoms. The molecule has 4 heteroatoms. The van der Waals surface area contributed by atoms with Gasteiger partial charge < -0.3 is 4.74 Å². The summed E-state index contributed by atoms with van der Waals surface area (Å²) in [5.74, 6) is -0.303. The molecule has 2 aliphatic rings. The lowest BCUT2D eigenvalue weighted by Gasteiger charge is -2.25. The summed E-state index contributed by atoms with van der Waals surface area (Å²) in [6, 6.07) is 1.63. The number of halogens is 1. The van der Waals surface area contributed by atoms with Crippen molar-refractivity contribution in [2.24, 2.45) is 5.41 Å². The van der Waals surface area contributed by atoms with E-state index < -0.39 is 0 Å². The summed E-state index contributed by atoms with van der Waals surface area (Å²) in [5, 5.41) is 0.385. The molecule has 0 saturated heterocycles. The second-order valence-corrected chi connectivity index (χ2v) is 5.47. The van der Waals surface area contributed by atoms with Gasteiger partial charge in [0.05, 0.1) is 12.7 Å². The van der Waals surface area contributed by atoms with Gasteiger partial charge in [-0.25, -0.2) is 9.78 Å². The van der Waals surface area contributed by atoms with E-state index in [0.717, 1.165) is 24.1 Å². The fraction of sp³-hybridized carbons (Fsp3) is 0.538. The molecule has 0 N–H and O–H groups in total. The Bertz CT molecular complexity index is 494. The maximum Gasteiger partial charge on any atom is 0.338 e. The zero-order valence-corrected chi connectivity index (χ0v) is 10.5. The summed E-state index contributed by atoms with van der Waals surface area (Å²) in [6.07, 6.45) is 5.61. The van der Waals surface area contributed by atoms with E-state index in [1.54, 1.807) is 6.07 Å². The molecule has 3 rings (SSSR count). The average molecular weight is 252 g/mol. The normalized spacial score (nSPS) is 19.9. The van der Waals surface area contributed by atoms with Gasteiger partial charge in [-0.05, 0) is 49.1 Å². The zero-order chi connectivity index (χ0) is 12.0. The van der Waals surface area contributed by atoms with Gasteiger partial charge in [0.15, 0.2) is 0 Å². The van der Waals surface area contributed by atoms with Gasteiger partial charge in [0, 0.05) is 5.69 Å². The van der Waals surface area contributed by atoms with Crippen LogP contribution in [0.4, 0.5) is 0 Å². The molecule has 0 radical (unpaired) electrons. The lowest BCUT2D eigenvalue weighted by atomic mass is 9.82. The first-order chi connectivity index (χ1) is 8.13. The number of rotatable bonds is 1. The van der Waals surface area contributed by atoms with Crippen LogP contribution in [0.1, 0.15) is 40.9 Å². The molecule has 0 bridgehead atoms. The number of carbonyl (C=O) groups excluding carboxylic acids is 1. The lowest BCUT2D eigenvalue weighted by Crippen LogP contribution is -2.20. The number of nitrogens with zero attached hydrogens (tertiary/aromatic N) is 1. The van der Waals surface area contributed by atoms with Crippen molar-refractivity contribution in [1.29, 1.82) is 0 Å². The molecule has 1 fully saturated rings. The number of ether oxygens (including phenoxy) is 1. The van der Waals surface area contributed by atoms with E-state index in [2.05, 4.69) is 4.98 Å². The molecule has 0 unspecified atom stereocenters. The Labute approximate surface area is 105 Å². The minimum atomic E-state index is -0.303. The molecule has 0 atom stereocenters. The lowest BCUT2D eigenvalue weighted by molar-refractivity contribution is 0.0598. The summed E-state index contributed by atoms with van der Waals surface area (Å²) < 4.78 is 4.82. The minimum Gasteiger partial charge on any atom is -0.465 e. The number of fused-ring (bicyclic) bond motifs is 1. The van der Waals surface area contributed by atoms with E-state index in [1.807, 2.05) is 0 Å². The molecule has 2 aliphatic carbocycles. The van der Waals surface area contributed by atoms with Crippen molar-refractivity contribution in [2.75, 3.05) is 7.11 Å². The SMILES string of the molecule is COC(=O)c1cc(Cl)nc2c1CC1(CC2)CC1. The van der Waals surface area contributed by atoms with E-state index in [-0.39, 0.29) is 5.97 Å². The Hall–Kier alpha value is -1.09. The summed E-state index contributed by atoms with van der Waals surface area (Å²) >= 11 is 5.95. The van der Waals surface area contributed by atoms with Crippen molar-refractivity contribution >= 4 is 17.6 Å². The summed E-state index contributed by atoms with van der Waals surface area (Å²) in [5.41, 5.74) is 3.10. The topological polar surface area (TPSA) is 39.2 Å². The molecule has 0 amide bonds. The van der Waals surface area contributed by atoms with Crippen molar-refractivity contribution in [3.63, 3.8) is 0 Å². The molecule has 0 aliphatic heterocycles. The number of aryl methyl sites for hydroxylation is 1. The summed E-state index contributed by atoms with van der Waals surface area (Å²) in [6.45, 7) is 0. The standard InChI is InChI=1S/C13H14ClNO2/c1-17-12(16)8-6-11(14)15-10-2-3-13(4-5-13)7-9(8)10/h6H,2-5,7H2,1H3. The second kappa shape index (κ2) is 3.70. The molecule has 1 heterocycles. The third kappa shape index (κ3) is 1.82. The quantitative estimate of drug-likeness (QED) is 0.569. The van der Waals surface area contributed by atoms with Crippen LogP contribution < -0.4 is 0 Å². The fourth-order valence-electron chi connectivity index (χ4n) is 2.74. The van der Waals surface area contributed by atoms with Crippen LogP contribution in [-0.4, -0.2) is 18.1 Å². The van der Waals surface area contributed by atoms with E-state index in [4.69, 9.17) is 16.3 Å². The minimum absolute atomic E-state index is 0.303. The smallest absolute Gasteiger partial charge is 0.338 e. The molecule has 1 aromatic heterocycles. The molecular weight excluding hydrogens is 238 g/mol. The predicted molar refractivity (Wildman–Crippen MR) is 64.3 cm³/mol. The molecule has 1 aromatic rings. The maximum atomic E-state index is 11.8. The van der Waals surface area contributed by atoms with Crippen LogP contribution in [0, 0.1) is 5.41 Å². The number of esters is 1. The van der Waals surface area contributed by atoms with Crippen molar-refractivity contribution in [3.05, 3.63) is 28.0 Å². The number of pyridine rings is 1. The third-order valence-corrected chi connectivity index (χ3v) is 4.18. The number of carbonyl (C=O) groups is 1. The number of methoxy groups -OCH3 is 1. The fourth-order valence-corrected chi connectivity index (χ4v) is 2.95. The molecule has 3 nitrogen and oxygen atoms in total. The highest BCUT2D eigenvalue weighted by molar-refractivity contribution is 6.29. The van der Waals surface area contributed by atoms with Gasteiger partial charge in [-0.2, -0.15) is 0 Å². The van der Waals surface area contributed by atoms with Crippen molar-refractivity contribution in [1.82, 2.24) is 4.98 Å². The molecular formula is C13H14ClNO2. The molecule has 1 spiro atoms. The Balaban J connectivity index is 2.08. The Kier molecular flexibility index (Phi) is 2.40. The molecule has 90 valence electrons. The zero-order valence-electron chi connectivity index (χ0n) is 9.75. The predicted octanol–water partition coefficient (Wildman–Crippen LogP) is 2.79. The van der Waals surface area contributed by atoms with Crippen molar-refractivity contribution in [3.8, 4) is 0 Å². The largest absolute Gasteiger partial charge is 0.465 e. The van der Waals surface area contributed by atoms with E-state index in [9.17, 15) is 4.79 Å². The Morgan fingerprint density at radius 2 is 2.24 bits per heavy atom. The van der Waals surface area contributed by atoms with Gasteiger partial charge in [-0.3, -0.25) is 0 Å². The monoisotopic (exact) mass is 251 g/mol. The summed E-state index contributed by atoms with van der Waals surface area (Å²) in [7, 11) is 1.40.